The predicted octanol–water partition coefficient (Wildman–Crippen LogP) is 2.54. The lowest BCUT2D eigenvalue weighted by molar-refractivity contribution is 0.684. The highest BCUT2D eigenvalue weighted by molar-refractivity contribution is 5.66. The van der Waals surface area contributed by atoms with Crippen molar-refractivity contribution in [1.29, 1.82) is 0 Å². The molecule has 0 unspecified atom stereocenters. The molecular weight excluding hydrogens is 300 g/mol. The third-order valence-corrected chi connectivity index (χ3v) is 4.68. The van der Waals surface area contributed by atoms with Gasteiger partial charge in [-0.05, 0) is 49.1 Å². The Morgan fingerprint density at radius 1 is 1.25 bits per heavy atom. The molecule has 5 nitrogen and oxygen atoms in total. The highest BCUT2D eigenvalue weighted by Crippen LogP contribution is 2.31. The summed E-state index contributed by atoms with van der Waals surface area (Å²) in [4.78, 5) is 19.4. The molecule has 3 aromatic rings. The van der Waals surface area contributed by atoms with Crippen LogP contribution in [0.5, 0.6) is 0 Å². The molecule has 1 aliphatic heterocycles. The van der Waals surface area contributed by atoms with Crippen LogP contribution < -0.4 is 16.2 Å². The Morgan fingerprint density at radius 3 is 3.00 bits per heavy atom. The number of aryl methyl sites for hydroxylation is 1. The van der Waals surface area contributed by atoms with E-state index in [9.17, 15) is 4.79 Å². The van der Waals surface area contributed by atoms with E-state index in [0.29, 0.717) is 6.54 Å². The molecule has 3 heterocycles. The van der Waals surface area contributed by atoms with Crippen LogP contribution in [0, 0.1) is 6.92 Å². The number of fused-ring (bicyclic) bond motifs is 2. The molecular formula is C19H20N4O. The number of pyridine rings is 1. The van der Waals surface area contributed by atoms with E-state index in [0.717, 1.165) is 47.7 Å². The van der Waals surface area contributed by atoms with Crippen LogP contribution in [-0.2, 0) is 13.0 Å². The molecule has 0 fully saturated rings. The van der Waals surface area contributed by atoms with Gasteiger partial charge in [0.1, 0.15) is 5.65 Å². The van der Waals surface area contributed by atoms with Gasteiger partial charge in [0.15, 0.2) is 0 Å². The highest BCUT2D eigenvalue weighted by Gasteiger charge is 2.19. The monoisotopic (exact) mass is 320 g/mol. The number of hydrogen-bond donors (Lipinski definition) is 1. The van der Waals surface area contributed by atoms with Crippen molar-refractivity contribution in [3.05, 3.63) is 69.8 Å². The maximum absolute atomic E-state index is 12.4. The number of rotatable bonds is 2. The number of aromatic nitrogens is 2. The number of nitrogens with zero attached hydrogens (tertiary/aromatic N) is 3. The summed E-state index contributed by atoms with van der Waals surface area (Å²) in [5, 5.41) is 0. The van der Waals surface area contributed by atoms with Crippen LogP contribution in [0.25, 0.3) is 5.65 Å². The Labute approximate surface area is 140 Å². The molecule has 5 heteroatoms. The summed E-state index contributed by atoms with van der Waals surface area (Å²) in [6.07, 6.45) is 3.83. The molecule has 2 N–H and O–H groups in total. The van der Waals surface area contributed by atoms with E-state index in [1.54, 1.807) is 16.7 Å². The van der Waals surface area contributed by atoms with Crippen molar-refractivity contribution in [2.45, 2.75) is 26.3 Å². The normalized spacial score (nSPS) is 14.0. The van der Waals surface area contributed by atoms with Crippen molar-refractivity contribution in [1.82, 2.24) is 9.38 Å². The minimum Gasteiger partial charge on any atom is -0.398 e. The zero-order valence-corrected chi connectivity index (χ0v) is 13.7. The van der Waals surface area contributed by atoms with E-state index >= 15 is 0 Å². The van der Waals surface area contributed by atoms with Crippen LogP contribution >= 0.6 is 0 Å². The lowest BCUT2D eigenvalue weighted by Crippen LogP contribution is -2.30. The fourth-order valence-corrected chi connectivity index (χ4v) is 3.48. The van der Waals surface area contributed by atoms with Crippen molar-refractivity contribution < 1.29 is 0 Å². The molecule has 2 aromatic heterocycles. The van der Waals surface area contributed by atoms with Crippen LogP contribution in [0.4, 0.5) is 11.4 Å². The Morgan fingerprint density at radius 2 is 2.12 bits per heavy atom. The lowest BCUT2D eigenvalue weighted by Gasteiger charge is -2.31. The van der Waals surface area contributed by atoms with Gasteiger partial charge in [0.25, 0.3) is 5.56 Å². The van der Waals surface area contributed by atoms with Crippen molar-refractivity contribution >= 4 is 17.0 Å². The van der Waals surface area contributed by atoms with Gasteiger partial charge in [-0.15, -0.1) is 0 Å². The van der Waals surface area contributed by atoms with Gasteiger partial charge in [0, 0.05) is 30.2 Å². The molecule has 1 aromatic carbocycles. The first-order valence-corrected chi connectivity index (χ1v) is 8.24. The van der Waals surface area contributed by atoms with E-state index in [1.807, 2.05) is 31.2 Å². The maximum Gasteiger partial charge on any atom is 0.258 e. The zero-order chi connectivity index (χ0) is 16.7. The Kier molecular flexibility index (Phi) is 3.49. The SMILES string of the molecule is Cc1cccn2c(=O)cc(CN3CCCc4c(N)cccc43)nc12. The Bertz CT molecular complexity index is 977. The quantitative estimate of drug-likeness (QED) is 0.737. The lowest BCUT2D eigenvalue weighted by atomic mass is 10.00. The standard InChI is InChI=1S/C19H20N4O/c1-13-5-3-10-23-18(24)11-14(21-19(13)23)12-22-9-4-6-15-16(20)7-2-8-17(15)22/h2-3,5,7-8,10-11H,4,6,9,12,20H2,1H3. The molecule has 0 saturated heterocycles. The molecule has 0 radical (unpaired) electrons. The Balaban J connectivity index is 1.75. The van der Waals surface area contributed by atoms with Gasteiger partial charge in [-0.2, -0.15) is 0 Å². The summed E-state index contributed by atoms with van der Waals surface area (Å²) in [5.41, 5.74) is 11.8. The molecule has 122 valence electrons. The number of anilines is 2. The number of nitrogens with two attached hydrogens (primary N) is 1. The topological polar surface area (TPSA) is 63.6 Å². The van der Waals surface area contributed by atoms with Crippen molar-refractivity contribution in [2.75, 3.05) is 17.2 Å². The number of hydrogen-bond acceptors (Lipinski definition) is 4. The molecule has 0 aliphatic carbocycles. The maximum atomic E-state index is 12.4. The summed E-state index contributed by atoms with van der Waals surface area (Å²) in [5.74, 6) is 0. The molecule has 0 atom stereocenters. The molecule has 0 amide bonds. The second kappa shape index (κ2) is 5.67. The summed E-state index contributed by atoms with van der Waals surface area (Å²) in [7, 11) is 0. The molecule has 0 saturated carbocycles. The van der Waals surface area contributed by atoms with E-state index in [1.165, 1.54) is 5.56 Å². The molecule has 0 bridgehead atoms. The first-order valence-electron chi connectivity index (χ1n) is 8.24. The second-order valence-electron chi connectivity index (χ2n) is 6.34. The minimum absolute atomic E-state index is 0.0384. The molecule has 1 aliphatic rings. The minimum atomic E-state index is -0.0384. The van der Waals surface area contributed by atoms with Crippen molar-refractivity contribution in [2.24, 2.45) is 0 Å². The fourth-order valence-electron chi connectivity index (χ4n) is 3.48. The van der Waals surface area contributed by atoms with Gasteiger partial charge in [0.05, 0.1) is 12.2 Å². The van der Waals surface area contributed by atoms with E-state index in [2.05, 4.69) is 11.0 Å². The Hall–Kier alpha value is -2.82. The fraction of sp³-hybridized carbons (Fsp3) is 0.263. The summed E-state index contributed by atoms with van der Waals surface area (Å²) < 4.78 is 1.60. The van der Waals surface area contributed by atoms with E-state index < -0.39 is 0 Å². The van der Waals surface area contributed by atoms with Crippen molar-refractivity contribution in [3.63, 3.8) is 0 Å². The van der Waals surface area contributed by atoms with Crippen LogP contribution in [0.2, 0.25) is 0 Å². The van der Waals surface area contributed by atoms with Gasteiger partial charge < -0.3 is 10.6 Å². The molecule has 24 heavy (non-hydrogen) atoms. The summed E-state index contributed by atoms with van der Waals surface area (Å²) in [6.45, 7) is 3.55. The largest absolute Gasteiger partial charge is 0.398 e. The number of nitrogen functional groups attached to an aromatic ring is 1. The smallest absolute Gasteiger partial charge is 0.258 e. The zero-order valence-electron chi connectivity index (χ0n) is 13.7. The van der Waals surface area contributed by atoms with Crippen LogP contribution in [-0.4, -0.2) is 15.9 Å². The van der Waals surface area contributed by atoms with E-state index in [-0.39, 0.29) is 5.56 Å². The van der Waals surface area contributed by atoms with Gasteiger partial charge in [-0.3, -0.25) is 9.20 Å². The van der Waals surface area contributed by atoms with Crippen molar-refractivity contribution in [3.8, 4) is 0 Å². The van der Waals surface area contributed by atoms with Gasteiger partial charge in [-0.1, -0.05) is 12.1 Å². The number of benzene rings is 1. The van der Waals surface area contributed by atoms with E-state index in [4.69, 9.17) is 10.7 Å². The first-order chi connectivity index (χ1) is 11.6. The molecule has 4 rings (SSSR count). The van der Waals surface area contributed by atoms with Crippen LogP contribution in [0.15, 0.2) is 47.4 Å². The van der Waals surface area contributed by atoms with Gasteiger partial charge >= 0.3 is 0 Å². The summed E-state index contributed by atoms with van der Waals surface area (Å²) in [6, 6.07) is 11.5. The average molecular weight is 320 g/mol. The van der Waals surface area contributed by atoms with Gasteiger partial charge in [-0.25, -0.2) is 4.98 Å². The average Bonchev–Trinajstić information content (AvgIpc) is 2.57. The summed E-state index contributed by atoms with van der Waals surface area (Å²) >= 11 is 0. The van der Waals surface area contributed by atoms with Crippen LogP contribution in [0.1, 0.15) is 23.2 Å². The molecule has 0 spiro atoms. The predicted molar refractivity (Wildman–Crippen MR) is 96.4 cm³/mol. The van der Waals surface area contributed by atoms with Gasteiger partial charge in [0.2, 0.25) is 0 Å². The third-order valence-electron chi connectivity index (χ3n) is 4.68. The first kappa shape index (κ1) is 14.8. The highest BCUT2D eigenvalue weighted by atomic mass is 16.1. The third kappa shape index (κ3) is 2.42. The second-order valence-corrected chi connectivity index (χ2v) is 6.34. The van der Waals surface area contributed by atoms with Crippen LogP contribution in [0.3, 0.4) is 0 Å².